The molecule has 2 N–H and O–H groups in total. The first kappa shape index (κ1) is 17.4. The van der Waals surface area contributed by atoms with Crippen LogP contribution in [0.5, 0.6) is 11.5 Å². The number of hydrogen-bond acceptors (Lipinski definition) is 4. The summed E-state index contributed by atoms with van der Waals surface area (Å²) in [5, 5.41) is 17.9. The van der Waals surface area contributed by atoms with Crippen molar-refractivity contribution in [3.05, 3.63) is 70.4 Å². The van der Waals surface area contributed by atoms with Gasteiger partial charge in [-0.3, -0.25) is 4.79 Å². The van der Waals surface area contributed by atoms with Gasteiger partial charge in [0.15, 0.2) is 11.5 Å². The van der Waals surface area contributed by atoms with E-state index in [1.165, 1.54) is 7.11 Å². The molecule has 7 heteroatoms. The third kappa shape index (κ3) is 3.36. The summed E-state index contributed by atoms with van der Waals surface area (Å²) in [5.41, 5.74) is 2.87. The molecular formula is C20H18ClN3O3. The predicted octanol–water partition coefficient (Wildman–Crippen LogP) is 3.77. The second-order valence-corrected chi connectivity index (χ2v) is 6.91. The number of nitrogens with one attached hydrogen (secondary N) is 1. The van der Waals surface area contributed by atoms with Crippen molar-refractivity contribution >= 4 is 23.3 Å². The largest absolute Gasteiger partial charge is 0.504 e. The van der Waals surface area contributed by atoms with E-state index in [1.54, 1.807) is 29.1 Å². The number of nitrogens with zero attached hydrogens (tertiary/aromatic N) is 2. The number of halogens is 1. The molecule has 1 aliphatic rings. The van der Waals surface area contributed by atoms with E-state index in [1.807, 2.05) is 24.3 Å². The molecule has 138 valence electrons. The van der Waals surface area contributed by atoms with Crippen molar-refractivity contribution in [2.45, 2.75) is 18.9 Å². The van der Waals surface area contributed by atoms with Gasteiger partial charge < -0.3 is 15.2 Å². The Balaban J connectivity index is 1.70. The number of hydrogen-bond donors (Lipinski definition) is 2. The topological polar surface area (TPSA) is 76.4 Å². The zero-order valence-corrected chi connectivity index (χ0v) is 15.4. The number of carbonyl (C=O) groups is 1. The number of carbonyl (C=O) groups excluding carboxylic acids is 1. The molecule has 0 saturated heterocycles. The summed E-state index contributed by atoms with van der Waals surface area (Å²) < 4.78 is 6.98. The van der Waals surface area contributed by atoms with Crippen LogP contribution in [0.15, 0.2) is 48.7 Å². The second-order valence-electron chi connectivity index (χ2n) is 6.47. The third-order valence-corrected chi connectivity index (χ3v) is 4.99. The Kier molecular flexibility index (Phi) is 4.49. The number of phenols is 1. The highest BCUT2D eigenvalue weighted by atomic mass is 35.5. The van der Waals surface area contributed by atoms with Gasteiger partial charge in [-0.2, -0.15) is 5.10 Å². The molecule has 1 aromatic heterocycles. The van der Waals surface area contributed by atoms with Crippen LogP contribution in [-0.2, 0) is 11.3 Å². The fourth-order valence-corrected chi connectivity index (χ4v) is 3.49. The van der Waals surface area contributed by atoms with Gasteiger partial charge in [0, 0.05) is 22.9 Å². The molecule has 2 aromatic carbocycles. The summed E-state index contributed by atoms with van der Waals surface area (Å²) in [4.78, 5) is 12.3. The van der Waals surface area contributed by atoms with Gasteiger partial charge in [-0.25, -0.2) is 4.68 Å². The second kappa shape index (κ2) is 6.96. The first-order valence-corrected chi connectivity index (χ1v) is 8.90. The molecule has 27 heavy (non-hydrogen) atoms. The molecule has 0 fully saturated rings. The molecule has 0 radical (unpaired) electrons. The zero-order valence-electron chi connectivity index (χ0n) is 14.6. The minimum atomic E-state index is -0.151. The van der Waals surface area contributed by atoms with Crippen LogP contribution in [0.1, 0.15) is 29.0 Å². The highest BCUT2D eigenvalue weighted by molar-refractivity contribution is 6.30. The van der Waals surface area contributed by atoms with Crippen molar-refractivity contribution in [1.29, 1.82) is 0 Å². The molecule has 3 aromatic rings. The lowest BCUT2D eigenvalue weighted by molar-refractivity contribution is -0.116. The quantitative estimate of drug-likeness (QED) is 0.719. The van der Waals surface area contributed by atoms with Crippen molar-refractivity contribution < 1.29 is 14.6 Å². The van der Waals surface area contributed by atoms with Crippen molar-refractivity contribution in [3.8, 4) is 11.5 Å². The Morgan fingerprint density at radius 2 is 2.07 bits per heavy atom. The first-order chi connectivity index (χ1) is 13.0. The zero-order chi connectivity index (χ0) is 19.0. The minimum Gasteiger partial charge on any atom is -0.504 e. The Labute approximate surface area is 161 Å². The number of anilines is 1. The molecule has 1 atom stereocenters. The van der Waals surface area contributed by atoms with E-state index in [9.17, 15) is 9.90 Å². The molecule has 2 heterocycles. The third-order valence-electron chi connectivity index (χ3n) is 4.74. The smallest absolute Gasteiger partial charge is 0.226 e. The van der Waals surface area contributed by atoms with Crippen LogP contribution in [0.25, 0.3) is 0 Å². The summed E-state index contributed by atoms with van der Waals surface area (Å²) >= 11 is 5.94. The lowest BCUT2D eigenvalue weighted by Crippen LogP contribution is -2.25. The lowest BCUT2D eigenvalue weighted by atomic mass is 9.87. The monoisotopic (exact) mass is 383 g/mol. The lowest BCUT2D eigenvalue weighted by Gasteiger charge is -2.24. The van der Waals surface area contributed by atoms with E-state index in [4.69, 9.17) is 16.3 Å². The van der Waals surface area contributed by atoms with Crippen LogP contribution in [0.4, 0.5) is 5.82 Å². The van der Waals surface area contributed by atoms with Gasteiger partial charge >= 0.3 is 0 Å². The summed E-state index contributed by atoms with van der Waals surface area (Å²) in [5.74, 6) is 0.923. The van der Waals surface area contributed by atoms with Crippen molar-refractivity contribution in [2.75, 3.05) is 12.4 Å². The van der Waals surface area contributed by atoms with Crippen LogP contribution >= 0.6 is 11.6 Å². The standard InChI is InChI=1S/C20H18ClN3O3/c1-27-18-8-13(4-7-17(18)25)15-9-19(26)23-20-16(15)10-22-24(20)11-12-2-5-14(21)6-3-12/h2-8,10,15,25H,9,11H2,1H3,(H,23,26)/t15-/m1/s1. The molecule has 0 saturated carbocycles. The Hall–Kier alpha value is -2.99. The molecular weight excluding hydrogens is 366 g/mol. The van der Waals surface area contributed by atoms with Gasteiger partial charge in [-0.15, -0.1) is 0 Å². The van der Waals surface area contributed by atoms with Gasteiger partial charge in [0.05, 0.1) is 19.9 Å². The number of methoxy groups -OCH3 is 1. The van der Waals surface area contributed by atoms with E-state index in [0.717, 1.165) is 16.7 Å². The number of benzene rings is 2. The van der Waals surface area contributed by atoms with Gasteiger partial charge in [-0.1, -0.05) is 29.8 Å². The highest BCUT2D eigenvalue weighted by Gasteiger charge is 2.30. The van der Waals surface area contributed by atoms with Crippen LogP contribution < -0.4 is 10.1 Å². The summed E-state index contributed by atoms with van der Waals surface area (Å²) in [7, 11) is 1.50. The van der Waals surface area contributed by atoms with Crippen molar-refractivity contribution in [2.24, 2.45) is 0 Å². The SMILES string of the molecule is COc1cc([C@H]2CC(=O)Nc3c2cnn3Cc2ccc(Cl)cc2)ccc1O. The fourth-order valence-electron chi connectivity index (χ4n) is 3.36. The minimum absolute atomic E-state index is 0.0696. The average molecular weight is 384 g/mol. The molecule has 0 unspecified atom stereocenters. The molecule has 1 aliphatic heterocycles. The van der Waals surface area contributed by atoms with E-state index in [0.29, 0.717) is 29.6 Å². The van der Waals surface area contributed by atoms with Crippen LogP contribution in [-0.4, -0.2) is 27.9 Å². The number of phenolic OH excluding ortho intramolecular Hbond substituents is 1. The molecule has 6 nitrogen and oxygen atoms in total. The number of aromatic nitrogens is 2. The van der Waals surface area contributed by atoms with E-state index in [-0.39, 0.29) is 17.6 Å². The van der Waals surface area contributed by atoms with Gasteiger partial charge in [0.2, 0.25) is 5.91 Å². The Morgan fingerprint density at radius 1 is 1.30 bits per heavy atom. The van der Waals surface area contributed by atoms with Crippen LogP contribution in [0.3, 0.4) is 0 Å². The molecule has 0 spiro atoms. The van der Waals surface area contributed by atoms with Gasteiger partial charge in [0.25, 0.3) is 0 Å². The van der Waals surface area contributed by atoms with Crippen molar-refractivity contribution in [3.63, 3.8) is 0 Å². The highest BCUT2D eigenvalue weighted by Crippen LogP contribution is 2.39. The van der Waals surface area contributed by atoms with Gasteiger partial charge in [0.1, 0.15) is 5.82 Å². The normalized spacial score (nSPS) is 15.9. The van der Waals surface area contributed by atoms with E-state index < -0.39 is 0 Å². The van der Waals surface area contributed by atoms with E-state index in [2.05, 4.69) is 10.4 Å². The predicted molar refractivity (Wildman–Crippen MR) is 103 cm³/mol. The summed E-state index contributed by atoms with van der Waals surface area (Å²) in [6.45, 7) is 0.526. The summed E-state index contributed by atoms with van der Waals surface area (Å²) in [6.07, 6.45) is 2.10. The fraction of sp³-hybridized carbons (Fsp3) is 0.200. The maximum absolute atomic E-state index is 12.3. The van der Waals surface area contributed by atoms with Gasteiger partial charge in [-0.05, 0) is 35.4 Å². The molecule has 0 aliphatic carbocycles. The van der Waals surface area contributed by atoms with Crippen LogP contribution in [0.2, 0.25) is 5.02 Å². The molecule has 4 rings (SSSR count). The van der Waals surface area contributed by atoms with E-state index >= 15 is 0 Å². The maximum Gasteiger partial charge on any atom is 0.226 e. The molecule has 1 amide bonds. The Morgan fingerprint density at radius 3 is 2.81 bits per heavy atom. The van der Waals surface area contributed by atoms with Crippen molar-refractivity contribution in [1.82, 2.24) is 9.78 Å². The number of amides is 1. The average Bonchev–Trinajstić information content (AvgIpc) is 3.06. The van der Waals surface area contributed by atoms with Crippen LogP contribution in [0, 0.1) is 0 Å². The molecule has 0 bridgehead atoms. The number of aromatic hydroxyl groups is 1. The number of rotatable bonds is 4. The Bertz CT molecular complexity index is 998. The maximum atomic E-state index is 12.3. The number of fused-ring (bicyclic) bond motifs is 1. The first-order valence-electron chi connectivity index (χ1n) is 8.52. The number of ether oxygens (including phenoxy) is 1. The summed E-state index contributed by atoms with van der Waals surface area (Å²) in [6, 6.07) is 12.7.